The number of aromatic nitrogens is 1. The zero-order valence-electron chi connectivity index (χ0n) is 13.1. The van der Waals surface area contributed by atoms with Gasteiger partial charge in [0.2, 0.25) is 5.96 Å². The van der Waals surface area contributed by atoms with Crippen LogP contribution in [0.5, 0.6) is 11.5 Å². The van der Waals surface area contributed by atoms with Crippen LogP contribution < -0.4 is 21.1 Å². The number of nitrogens with two attached hydrogens (primary N) is 2. The second-order valence-corrected chi connectivity index (χ2v) is 5.72. The van der Waals surface area contributed by atoms with Gasteiger partial charge in [-0.2, -0.15) is 18.2 Å². The number of aliphatic imine (C=N–C) groups is 1. The van der Waals surface area contributed by atoms with E-state index < -0.39 is 17.4 Å². The molecule has 0 fully saturated rings. The summed E-state index contributed by atoms with van der Waals surface area (Å²) < 4.78 is 43.5. The second kappa shape index (κ2) is 6.75. The number of anilines is 1. The van der Waals surface area contributed by atoms with E-state index in [4.69, 9.17) is 27.8 Å². The van der Waals surface area contributed by atoms with E-state index >= 15 is 0 Å². The van der Waals surface area contributed by atoms with Crippen molar-refractivity contribution in [2.75, 3.05) is 4.90 Å². The van der Waals surface area contributed by atoms with Crippen molar-refractivity contribution in [3.8, 4) is 11.5 Å². The van der Waals surface area contributed by atoms with Gasteiger partial charge in [-0.25, -0.2) is 0 Å². The van der Waals surface area contributed by atoms with Gasteiger partial charge in [0.1, 0.15) is 28.5 Å². The molecule has 0 bridgehead atoms. The second-order valence-electron chi connectivity index (χ2n) is 5.27. The minimum Gasteiger partial charge on any atom is -0.457 e. The first-order valence-corrected chi connectivity index (χ1v) is 7.73. The minimum absolute atomic E-state index is 0.0186. The summed E-state index contributed by atoms with van der Waals surface area (Å²) in [6.45, 7) is 0. The number of hydrogen-bond acceptors (Lipinski definition) is 6. The number of benzene rings is 1. The van der Waals surface area contributed by atoms with Crippen LogP contribution in [0.4, 0.5) is 18.9 Å². The summed E-state index contributed by atoms with van der Waals surface area (Å²) in [7, 11) is 0. The Morgan fingerprint density at radius 1 is 1.08 bits per heavy atom. The van der Waals surface area contributed by atoms with Gasteiger partial charge in [0.05, 0.1) is 0 Å². The third-order valence-corrected chi connectivity index (χ3v) is 3.74. The zero-order valence-corrected chi connectivity index (χ0v) is 13.9. The Labute approximate surface area is 151 Å². The molecule has 0 aliphatic carbocycles. The van der Waals surface area contributed by atoms with E-state index in [9.17, 15) is 13.2 Å². The van der Waals surface area contributed by atoms with E-state index in [1.54, 1.807) is 24.3 Å². The molecule has 10 heteroatoms. The van der Waals surface area contributed by atoms with Crippen LogP contribution in [-0.2, 0) is 6.18 Å². The van der Waals surface area contributed by atoms with E-state index in [1.807, 2.05) is 0 Å². The van der Waals surface area contributed by atoms with Crippen molar-refractivity contribution in [2.24, 2.45) is 16.5 Å². The topological polar surface area (TPSA) is 89.8 Å². The molecule has 0 saturated heterocycles. The monoisotopic (exact) mass is 383 g/mol. The number of hydrogen-bond donors (Lipinski definition) is 2. The first-order chi connectivity index (χ1) is 12.2. The average Bonchev–Trinajstić information content (AvgIpc) is 2.55. The smallest absolute Gasteiger partial charge is 0.433 e. The third kappa shape index (κ3) is 3.83. The number of pyridine rings is 1. The number of ether oxygens (including phenoxy) is 1. The van der Waals surface area contributed by atoms with E-state index in [0.717, 1.165) is 12.3 Å². The lowest BCUT2D eigenvalue weighted by Gasteiger charge is -2.29. The van der Waals surface area contributed by atoms with Crippen LogP contribution in [0, 0.1) is 0 Å². The van der Waals surface area contributed by atoms with Gasteiger partial charge in [0.25, 0.3) is 0 Å². The lowest BCUT2D eigenvalue weighted by molar-refractivity contribution is -0.141. The van der Waals surface area contributed by atoms with E-state index in [1.165, 1.54) is 17.0 Å². The van der Waals surface area contributed by atoms with Gasteiger partial charge in [0.15, 0.2) is 0 Å². The molecule has 2 heterocycles. The zero-order chi connectivity index (χ0) is 18.9. The molecule has 1 aromatic carbocycles. The van der Waals surface area contributed by atoms with Crippen molar-refractivity contribution in [3.63, 3.8) is 0 Å². The Morgan fingerprint density at radius 2 is 1.77 bits per heavy atom. The fraction of sp³-hybridized carbons (Fsp3) is 0.125. The average molecular weight is 384 g/mol. The Hall–Kier alpha value is -2.94. The van der Waals surface area contributed by atoms with Crippen molar-refractivity contribution in [1.29, 1.82) is 0 Å². The van der Waals surface area contributed by atoms with Crippen LogP contribution in [0.25, 0.3) is 0 Å². The summed E-state index contributed by atoms with van der Waals surface area (Å²) in [5.41, 5.74) is 10.4. The number of halogens is 4. The molecule has 26 heavy (non-hydrogen) atoms. The normalized spacial score (nSPS) is 17.5. The molecule has 1 aliphatic rings. The van der Waals surface area contributed by atoms with Crippen LogP contribution in [0.1, 0.15) is 5.69 Å². The maximum absolute atomic E-state index is 12.7. The standard InChI is InChI=1S/C16H13ClF3N5O/c17-13-8-14(21)24-15(22)25(13)9-1-3-10(4-2-9)26-11-5-6-23-12(7-11)16(18,19)20/h1-8,13H,21H2,(H2,22,24). The quantitative estimate of drug-likeness (QED) is 0.626. The molecule has 2 aromatic rings. The molecule has 0 saturated carbocycles. The van der Waals surface area contributed by atoms with Crippen molar-refractivity contribution >= 4 is 23.2 Å². The molecule has 1 aromatic heterocycles. The third-order valence-electron chi connectivity index (χ3n) is 3.42. The van der Waals surface area contributed by atoms with Crippen LogP contribution in [0.15, 0.2) is 59.5 Å². The summed E-state index contributed by atoms with van der Waals surface area (Å²) in [6, 6.07) is 8.60. The van der Waals surface area contributed by atoms with Crippen LogP contribution >= 0.6 is 11.6 Å². The predicted octanol–water partition coefficient (Wildman–Crippen LogP) is 3.39. The molecule has 0 amide bonds. The predicted molar refractivity (Wildman–Crippen MR) is 91.8 cm³/mol. The van der Waals surface area contributed by atoms with Crippen molar-refractivity contribution in [1.82, 2.24) is 4.98 Å². The van der Waals surface area contributed by atoms with Crippen LogP contribution in [0.2, 0.25) is 0 Å². The number of rotatable bonds is 3. The van der Waals surface area contributed by atoms with Crippen molar-refractivity contribution < 1.29 is 17.9 Å². The highest BCUT2D eigenvalue weighted by Crippen LogP contribution is 2.32. The van der Waals surface area contributed by atoms with Gasteiger partial charge in [-0.3, -0.25) is 9.88 Å². The molecule has 1 aliphatic heterocycles. The highest BCUT2D eigenvalue weighted by Gasteiger charge is 2.32. The fourth-order valence-electron chi connectivity index (χ4n) is 2.28. The molecule has 4 N–H and O–H groups in total. The van der Waals surface area contributed by atoms with Crippen molar-refractivity contribution in [3.05, 3.63) is 60.2 Å². The molecular formula is C16H13ClF3N5O. The Kier molecular flexibility index (Phi) is 4.64. The number of guanidine groups is 1. The Morgan fingerprint density at radius 3 is 2.38 bits per heavy atom. The van der Waals surface area contributed by atoms with Gasteiger partial charge >= 0.3 is 6.18 Å². The van der Waals surface area contributed by atoms with Gasteiger partial charge in [0, 0.05) is 18.0 Å². The van der Waals surface area contributed by atoms with Crippen LogP contribution in [0.3, 0.4) is 0 Å². The first-order valence-electron chi connectivity index (χ1n) is 7.30. The number of alkyl halides is 4. The highest BCUT2D eigenvalue weighted by atomic mass is 35.5. The highest BCUT2D eigenvalue weighted by molar-refractivity contribution is 6.26. The summed E-state index contributed by atoms with van der Waals surface area (Å²) in [4.78, 5) is 8.76. The molecule has 1 atom stereocenters. The maximum Gasteiger partial charge on any atom is 0.433 e. The van der Waals surface area contributed by atoms with E-state index in [-0.39, 0.29) is 17.5 Å². The van der Waals surface area contributed by atoms with E-state index in [2.05, 4.69) is 9.98 Å². The van der Waals surface area contributed by atoms with Crippen LogP contribution in [-0.4, -0.2) is 16.4 Å². The molecular weight excluding hydrogens is 371 g/mol. The lowest BCUT2D eigenvalue weighted by atomic mass is 10.2. The van der Waals surface area contributed by atoms with Gasteiger partial charge in [-0.15, -0.1) is 0 Å². The minimum atomic E-state index is -4.54. The van der Waals surface area contributed by atoms with Gasteiger partial charge < -0.3 is 16.2 Å². The fourth-order valence-corrected chi connectivity index (χ4v) is 2.62. The molecule has 0 spiro atoms. The van der Waals surface area contributed by atoms with Gasteiger partial charge in [-0.1, -0.05) is 11.6 Å². The molecule has 6 nitrogen and oxygen atoms in total. The number of nitrogens with zero attached hydrogens (tertiary/aromatic N) is 3. The van der Waals surface area contributed by atoms with Gasteiger partial charge in [-0.05, 0) is 36.4 Å². The van der Waals surface area contributed by atoms with Crippen molar-refractivity contribution in [2.45, 2.75) is 11.7 Å². The SMILES string of the molecule is NC1=CC(Cl)N(c2ccc(Oc3ccnc(C(F)(F)F)c3)cc2)C(N)=N1. The molecule has 0 radical (unpaired) electrons. The Balaban J connectivity index is 1.78. The summed E-state index contributed by atoms with van der Waals surface area (Å²) >= 11 is 6.20. The largest absolute Gasteiger partial charge is 0.457 e. The maximum atomic E-state index is 12.7. The molecule has 3 rings (SSSR count). The lowest BCUT2D eigenvalue weighted by Crippen LogP contribution is -2.44. The molecule has 136 valence electrons. The first kappa shape index (κ1) is 17.9. The Bertz CT molecular complexity index is 867. The summed E-state index contributed by atoms with van der Waals surface area (Å²) in [6.07, 6.45) is -1.98. The van der Waals surface area contributed by atoms with E-state index in [0.29, 0.717) is 11.4 Å². The molecule has 1 unspecified atom stereocenters. The summed E-state index contributed by atoms with van der Waals surface area (Å²) in [5, 5.41) is 0. The summed E-state index contributed by atoms with van der Waals surface area (Å²) in [5.74, 6) is 0.700.